The molecule has 100 valence electrons. The summed E-state index contributed by atoms with van der Waals surface area (Å²) in [5, 5.41) is 0. The lowest BCUT2D eigenvalue weighted by Crippen LogP contribution is -2.26. The standard InChI is InChI=1S/C11H12BrF3N2S/c1-17(6-5-11(13,14)15)8-4-2-3-7(12)9(8)10(16)18/h2-4H,5-6H2,1H3,(H2,16,18). The van der Waals surface area contributed by atoms with E-state index in [0.29, 0.717) is 15.7 Å². The van der Waals surface area contributed by atoms with Crippen molar-refractivity contribution in [1.29, 1.82) is 0 Å². The second kappa shape index (κ2) is 5.88. The highest BCUT2D eigenvalue weighted by Crippen LogP contribution is 2.28. The Morgan fingerprint density at radius 1 is 1.44 bits per heavy atom. The lowest BCUT2D eigenvalue weighted by molar-refractivity contribution is -0.132. The zero-order chi connectivity index (χ0) is 13.9. The van der Waals surface area contributed by atoms with Gasteiger partial charge in [-0.3, -0.25) is 0 Å². The predicted octanol–water partition coefficient (Wildman–Crippen LogP) is 3.47. The van der Waals surface area contributed by atoms with Crippen LogP contribution in [0.25, 0.3) is 0 Å². The maximum absolute atomic E-state index is 12.2. The van der Waals surface area contributed by atoms with Crippen molar-refractivity contribution in [2.75, 3.05) is 18.5 Å². The third-order valence-corrected chi connectivity index (χ3v) is 3.24. The summed E-state index contributed by atoms with van der Waals surface area (Å²) < 4.78 is 37.2. The predicted molar refractivity (Wildman–Crippen MR) is 74.0 cm³/mol. The number of hydrogen-bond acceptors (Lipinski definition) is 2. The Labute approximate surface area is 117 Å². The number of nitrogens with zero attached hydrogens (tertiary/aromatic N) is 1. The molecule has 1 rings (SSSR count). The number of nitrogens with two attached hydrogens (primary N) is 1. The van der Waals surface area contributed by atoms with E-state index in [1.807, 2.05) is 0 Å². The van der Waals surface area contributed by atoms with Crippen LogP contribution in [0.2, 0.25) is 0 Å². The Hall–Kier alpha value is -0.820. The van der Waals surface area contributed by atoms with Crippen LogP contribution in [0.5, 0.6) is 0 Å². The van der Waals surface area contributed by atoms with E-state index in [1.165, 1.54) is 4.90 Å². The molecule has 2 N–H and O–H groups in total. The minimum absolute atomic E-state index is 0.143. The van der Waals surface area contributed by atoms with Crippen molar-refractivity contribution in [2.45, 2.75) is 12.6 Å². The normalized spacial score (nSPS) is 11.4. The fourth-order valence-corrected chi connectivity index (χ4v) is 2.40. The Morgan fingerprint density at radius 2 is 2.06 bits per heavy atom. The first-order valence-corrected chi connectivity index (χ1v) is 6.28. The summed E-state index contributed by atoms with van der Waals surface area (Å²) in [7, 11) is 1.58. The number of halogens is 4. The minimum Gasteiger partial charge on any atom is -0.389 e. The van der Waals surface area contributed by atoms with Gasteiger partial charge in [0.2, 0.25) is 0 Å². The fourth-order valence-electron chi connectivity index (χ4n) is 1.49. The highest BCUT2D eigenvalue weighted by atomic mass is 79.9. The van der Waals surface area contributed by atoms with Crippen molar-refractivity contribution in [2.24, 2.45) is 5.73 Å². The van der Waals surface area contributed by atoms with E-state index in [-0.39, 0.29) is 11.5 Å². The molecule has 0 heterocycles. The molecule has 0 amide bonds. The quantitative estimate of drug-likeness (QED) is 0.851. The van der Waals surface area contributed by atoms with Gasteiger partial charge in [0.25, 0.3) is 0 Å². The van der Waals surface area contributed by atoms with Crippen LogP contribution in [0, 0.1) is 0 Å². The summed E-state index contributed by atoms with van der Waals surface area (Å²) in [5.41, 5.74) is 6.73. The van der Waals surface area contributed by atoms with Gasteiger partial charge in [0.1, 0.15) is 4.99 Å². The molecule has 0 aliphatic rings. The topological polar surface area (TPSA) is 29.3 Å². The van der Waals surface area contributed by atoms with E-state index in [1.54, 1.807) is 25.2 Å². The van der Waals surface area contributed by atoms with Crippen LogP contribution in [-0.4, -0.2) is 24.8 Å². The van der Waals surface area contributed by atoms with E-state index in [0.717, 1.165) is 0 Å². The van der Waals surface area contributed by atoms with Gasteiger partial charge in [-0.2, -0.15) is 13.2 Å². The minimum atomic E-state index is -4.18. The summed E-state index contributed by atoms with van der Waals surface area (Å²) in [6.45, 7) is -0.143. The number of anilines is 1. The maximum Gasteiger partial charge on any atom is 0.390 e. The number of hydrogen-bond donors (Lipinski definition) is 1. The van der Waals surface area contributed by atoms with Gasteiger partial charge >= 0.3 is 6.18 Å². The van der Waals surface area contributed by atoms with Gasteiger partial charge in [0, 0.05) is 29.3 Å². The highest BCUT2D eigenvalue weighted by molar-refractivity contribution is 9.10. The molecule has 0 fully saturated rings. The number of benzene rings is 1. The molecule has 0 saturated heterocycles. The first-order chi connectivity index (χ1) is 8.22. The molecule has 0 spiro atoms. The van der Waals surface area contributed by atoms with Gasteiger partial charge in [-0.1, -0.05) is 18.3 Å². The summed E-state index contributed by atoms with van der Waals surface area (Å²) in [4.78, 5) is 1.64. The van der Waals surface area contributed by atoms with Gasteiger partial charge in [-0.05, 0) is 28.1 Å². The first-order valence-electron chi connectivity index (χ1n) is 5.08. The molecule has 1 aromatic carbocycles. The van der Waals surface area contributed by atoms with Crippen LogP contribution in [0.4, 0.5) is 18.9 Å². The SMILES string of the molecule is CN(CCC(F)(F)F)c1cccc(Br)c1C(N)=S. The molecule has 0 aromatic heterocycles. The molecule has 18 heavy (non-hydrogen) atoms. The van der Waals surface area contributed by atoms with Gasteiger partial charge in [-0.15, -0.1) is 0 Å². The van der Waals surface area contributed by atoms with Crippen molar-refractivity contribution in [3.8, 4) is 0 Å². The third kappa shape index (κ3) is 4.13. The zero-order valence-corrected chi connectivity index (χ0v) is 12.0. The zero-order valence-electron chi connectivity index (χ0n) is 9.59. The molecule has 0 unspecified atom stereocenters. The molecule has 0 bridgehead atoms. The van der Waals surface area contributed by atoms with Crippen LogP contribution >= 0.6 is 28.1 Å². The van der Waals surface area contributed by atoms with Crippen molar-refractivity contribution >= 4 is 38.8 Å². The summed E-state index contributed by atoms with van der Waals surface area (Å²) >= 11 is 8.20. The van der Waals surface area contributed by atoms with Crippen molar-refractivity contribution < 1.29 is 13.2 Å². The van der Waals surface area contributed by atoms with Crippen LogP contribution in [-0.2, 0) is 0 Å². The second-order valence-corrected chi connectivity index (χ2v) is 5.08. The molecule has 0 radical (unpaired) electrons. The molecular weight excluding hydrogens is 329 g/mol. The molecular formula is C11H12BrF3N2S. The smallest absolute Gasteiger partial charge is 0.389 e. The van der Waals surface area contributed by atoms with Crippen LogP contribution in [0.3, 0.4) is 0 Å². The lowest BCUT2D eigenvalue weighted by Gasteiger charge is -2.23. The van der Waals surface area contributed by atoms with E-state index in [4.69, 9.17) is 18.0 Å². The Morgan fingerprint density at radius 3 is 2.56 bits per heavy atom. The average Bonchev–Trinajstić information content (AvgIpc) is 2.24. The van der Waals surface area contributed by atoms with Crippen LogP contribution in [0.1, 0.15) is 12.0 Å². The summed E-state index contributed by atoms with van der Waals surface area (Å²) in [6, 6.07) is 5.16. The van der Waals surface area contributed by atoms with Crippen LogP contribution in [0.15, 0.2) is 22.7 Å². The summed E-state index contributed by atoms with van der Waals surface area (Å²) in [5.74, 6) is 0. The second-order valence-electron chi connectivity index (χ2n) is 3.78. The molecule has 2 nitrogen and oxygen atoms in total. The van der Waals surface area contributed by atoms with Gasteiger partial charge < -0.3 is 10.6 Å². The van der Waals surface area contributed by atoms with Crippen molar-refractivity contribution in [3.63, 3.8) is 0 Å². The number of rotatable bonds is 4. The van der Waals surface area contributed by atoms with E-state index in [9.17, 15) is 13.2 Å². The fraction of sp³-hybridized carbons (Fsp3) is 0.364. The van der Waals surface area contributed by atoms with E-state index < -0.39 is 12.6 Å². The average molecular weight is 341 g/mol. The largest absolute Gasteiger partial charge is 0.390 e. The highest BCUT2D eigenvalue weighted by Gasteiger charge is 2.27. The molecule has 1 aromatic rings. The van der Waals surface area contributed by atoms with Crippen molar-refractivity contribution in [1.82, 2.24) is 0 Å². The molecule has 0 aliphatic heterocycles. The lowest BCUT2D eigenvalue weighted by atomic mass is 10.1. The Balaban J connectivity index is 2.95. The molecule has 0 atom stereocenters. The monoisotopic (exact) mass is 340 g/mol. The van der Waals surface area contributed by atoms with E-state index in [2.05, 4.69) is 15.9 Å². The van der Waals surface area contributed by atoms with Gasteiger partial charge in [-0.25, -0.2) is 0 Å². The van der Waals surface area contributed by atoms with Crippen molar-refractivity contribution in [3.05, 3.63) is 28.2 Å². The Bertz CT molecular complexity index is 448. The Kier molecular flexibility index (Phi) is 4.98. The van der Waals surface area contributed by atoms with Crippen LogP contribution < -0.4 is 10.6 Å². The third-order valence-electron chi connectivity index (χ3n) is 2.38. The molecule has 0 saturated carbocycles. The first kappa shape index (κ1) is 15.2. The van der Waals surface area contributed by atoms with E-state index >= 15 is 0 Å². The van der Waals surface area contributed by atoms with Gasteiger partial charge in [0.15, 0.2) is 0 Å². The molecule has 0 aliphatic carbocycles. The maximum atomic E-state index is 12.2. The number of alkyl halides is 3. The molecule has 7 heteroatoms. The van der Waals surface area contributed by atoms with Gasteiger partial charge in [0.05, 0.1) is 6.42 Å². The summed E-state index contributed by atoms with van der Waals surface area (Å²) in [6.07, 6.45) is -5.06. The number of thiocarbonyl (C=S) groups is 1.